The fourth-order valence-electron chi connectivity index (χ4n) is 1.76. The molecule has 4 heteroatoms. The monoisotopic (exact) mass is 309 g/mol. The zero-order chi connectivity index (χ0) is 10.4. The highest BCUT2D eigenvalue weighted by molar-refractivity contribution is 14.1. The highest BCUT2D eigenvalue weighted by atomic mass is 127. The van der Waals surface area contributed by atoms with Crippen LogP contribution >= 0.6 is 22.6 Å². The van der Waals surface area contributed by atoms with Crippen LogP contribution in [0.1, 0.15) is 39.0 Å². The van der Waals surface area contributed by atoms with E-state index in [9.17, 15) is 4.79 Å². The number of halogens is 1. The van der Waals surface area contributed by atoms with Gasteiger partial charge >= 0.3 is 0 Å². The van der Waals surface area contributed by atoms with Crippen molar-refractivity contribution in [2.24, 2.45) is 4.99 Å². The Morgan fingerprint density at radius 3 is 3.14 bits per heavy atom. The van der Waals surface area contributed by atoms with Gasteiger partial charge in [-0.15, -0.1) is 0 Å². The molecule has 0 heterocycles. The first-order chi connectivity index (χ1) is 6.70. The number of isocyanates is 1. The molecule has 1 fully saturated rings. The van der Waals surface area contributed by atoms with E-state index in [1.807, 2.05) is 0 Å². The second-order valence-electron chi connectivity index (χ2n) is 3.71. The van der Waals surface area contributed by atoms with Crippen molar-refractivity contribution >= 4 is 28.7 Å². The molecule has 1 saturated carbocycles. The Hall–Kier alpha value is 0.0700. The van der Waals surface area contributed by atoms with Crippen LogP contribution in [-0.4, -0.2) is 22.3 Å². The molecular formula is C10H16INO2. The van der Waals surface area contributed by atoms with Crippen molar-refractivity contribution in [2.75, 3.05) is 6.61 Å². The summed E-state index contributed by atoms with van der Waals surface area (Å²) in [6.07, 6.45) is 6.98. The first-order valence-corrected chi connectivity index (χ1v) is 6.17. The summed E-state index contributed by atoms with van der Waals surface area (Å²) < 4.78 is 5.43. The van der Waals surface area contributed by atoms with Crippen LogP contribution in [-0.2, 0) is 9.53 Å². The molecule has 0 aromatic heterocycles. The van der Waals surface area contributed by atoms with Crippen molar-refractivity contribution in [1.82, 2.24) is 0 Å². The average molecular weight is 309 g/mol. The minimum Gasteiger partial charge on any atom is -0.378 e. The first-order valence-electron chi connectivity index (χ1n) is 5.10. The summed E-state index contributed by atoms with van der Waals surface area (Å²) in [5.41, 5.74) is 0. The van der Waals surface area contributed by atoms with Gasteiger partial charge in [0.1, 0.15) is 3.55 Å². The third-order valence-corrected chi connectivity index (χ3v) is 3.65. The molecule has 0 spiro atoms. The molecule has 80 valence electrons. The van der Waals surface area contributed by atoms with Crippen LogP contribution < -0.4 is 0 Å². The fourth-order valence-corrected chi connectivity index (χ4v) is 2.73. The number of rotatable bonds is 4. The summed E-state index contributed by atoms with van der Waals surface area (Å²) in [7, 11) is 0. The van der Waals surface area contributed by atoms with Gasteiger partial charge in [-0.1, -0.05) is 29.5 Å². The van der Waals surface area contributed by atoms with E-state index < -0.39 is 0 Å². The largest absolute Gasteiger partial charge is 0.378 e. The second kappa shape index (κ2) is 5.83. The van der Waals surface area contributed by atoms with Gasteiger partial charge in [0.2, 0.25) is 6.08 Å². The van der Waals surface area contributed by atoms with Crippen molar-refractivity contribution in [3.63, 3.8) is 0 Å². The molecule has 2 unspecified atom stereocenters. The topological polar surface area (TPSA) is 38.7 Å². The first kappa shape index (κ1) is 12.1. The van der Waals surface area contributed by atoms with E-state index in [0.717, 1.165) is 38.7 Å². The molecule has 3 nitrogen and oxygen atoms in total. The van der Waals surface area contributed by atoms with E-state index in [1.54, 1.807) is 6.08 Å². The zero-order valence-electron chi connectivity index (χ0n) is 8.46. The summed E-state index contributed by atoms with van der Waals surface area (Å²) in [4.78, 5) is 14.1. The number of carbonyl (C=O) groups excluding carboxylic acids is 1. The molecular weight excluding hydrogens is 293 g/mol. The maximum absolute atomic E-state index is 10.3. The Kier molecular flexibility index (Phi) is 5.06. The molecule has 0 amide bonds. The lowest BCUT2D eigenvalue weighted by Gasteiger charge is -2.32. The smallest absolute Gasteiger partial charge is 0.236 e. The van der Waals surface area contributed by atoms with Crippen molar-refractivity contribution in [2.45, 2.75) is 48.7 Å². The molecule has 2 atom stereocenters. The zero-order valence-corrected chi connectivity index (χ0v) is 10.6. The third-order valence-electron chi connectivity index (χ3n) is 2.43. The van der Waals surface area contributed by atoms with Gasteiger partial charge in [0, 0.05) is 13.0 Å². The van der Waals surface area contributed by atoms with Crippen molar-refractivity contribution < 1.29 is 9.53 Å². The van der Waals surface area contributed by atoms with Gasteiger partial charge in [0.15, 0.2) is 0 Å². The quantitative estimate of drug-likeness (QED) is 0.263. The Labute approximate surface area is 98.5 Å². The Bertz CT molecular complexity index is 228. The molecule has 0 radical (unpaired) electrons. The van der Waals surface area contributed by atoms with Crippen LogP contribution in [0, 0.1) is 0 Å². The summed E-state index contributed by atoms with van der Waals surface area (Å²) >= 11 is 2.25. The fraction of sp³-hybridized carbons (Fsp3) is 0.900. The lowest BCUT2D eigenvalue weighted by atomic mass is 9.93. The molecule has 0 aliphatic heterocycles. The second-order valence-corrected chi connectivity index (χ2v) is 5.72. The number of alkyl halides is 1. The standard InChI is InChI=1S/C10H16INO2/c1-2-6-14-9-4-3-5-10(11,7-9)12-8-13/h9H,2-7H2,1H3. The SMILES string of the molecule is CCCOC1CCCC(I)(N=C=O)C1. The summed E-state index contributed by atoms with van der Waals surface area (Å²) in [5.74, 6) is 0. The molecule has 1 aliphatic rings. The van der Waals surface area contributed by atoms with Crippen molar-refractivity contribution in [1.29, 1.82) is 0 Å². The Morgan fingerprint density at radius 1 is 1.71 bits per heavy atom. The van der Waals surface area contributed by atoms with Crippen LogP contribution in [0.5, 0.6) is 0 Å². The van der Waals surface area contributed by atoms with Crippen molar-refractivity contribution in [3.05, 3.63) is 0 Å². The molecule has 1 aliphatic carbocycles. The Morgan fingerprint density at radius 2 is 2.50 bits per heavy atom. The van der Waals surface area contributed by atoms with Crippen LogP contribution in [0.25, 0.3) is 0 Å². The van der Waals surface area contributed by atoms with Crippen LogP contribution in [0.2, 0.25) is 0 Å². The maximum Gasteiger partial charge on any atom is 0.236 e. The third kappa shape index (κ3) is 3.67. The highest BCUT2D eigenvalue weighted by Gasteiger charge is 2.34. The van der Waals surface area contributed by atoms with E-state index in [0.29, 0.717) is 0 Å². The molecule has 0 bridgehead atoms. The summed E-state index contributed by atoms with van der Waals surface area (Å²) in [6.45, 7) is 2.91. The lowest BCUT2D eigenvalue weighted by molar-refractivity contribution is 0.0223. The highest BCUT2D eigenvalue weighted by Crippen LogP contribution is 2.38. The minimum atomic E-state index is -0.254. The number of aliphatic imine (C=N–C) groups is 1. The number of hydrogen-bond donors (Lipinski definition) is 0. The van der Waals surface area contributed by atoms with Gasteiger partial charge < -0.3 is 4.74 Å². The molecule has 0 N–H and O–H groups in total. The van der Waals surface area contributed by atoms with Gasteiger partial charge in [0.25, 0.3) is 0 Å². The molecule has 0 aromatic carbocycles. The molecule has 14 heavy (non-hydrogen) atoms. The van der Waals surface area contributed by atoms with E-state index >= 15 is 0 Å². The number of ether oxygens (including phenoxy) is 1. The van der Waals surface area contributed by atoms with Gasteiger partial charge in [-0.3, -0.25) is 0 Å². The predicted octanol–water partition coefficient (Wildman–Crippen LogP) is 2.82. The van der Waals surface area contributed by atoms with Crippen LogP contribution in [0.15, 0.2) is 4.99 Å². The Balaban J connectivity index is 2.46. The maximum atomic E-state index is 10.3. The molecule has 0 aromatic rings. The molecule has 1 rings (SSSR count). The van der Waals surface area contributed by atoms with E-state index in [-0.39, 0.29) is 9.65 Å². The van der Waals surface area contributed by atoms with E-state index in [2.05, 4.69) is 34.5 Å². The van der Waals surface area contributed by atoms with Gasteiger partial charge in [-0.05, 0) is 25.7 Å². The van der Waals surface area contributed by atoms with Gasteiger partial charge in [-0.25, -0.2) is 4.79 Å². The summed E-state index contributed by atoms with van der Waals surface area (Å²) in [6, 6.07) is 0. The molecule has 0 saturated heterocycles. The van der Waals surface area contributed by atoms with E-state index in [1.165, 1.54) is 0 Å². The van der Waals surface area contributed by atoms with Crippen molar-refractivity contribution in [3.8, 4) is 0 Å². The number of nitrogens with zero attached hydrogens (tertiary/aromatic N) is 1. The van der Waals surface area contributed by atoms with Gasteiger partial charge in [0.05, 0.1) is 6.10 Å². The minimum absolute atomic E-state index is 0.254. The summed E-state index contributed by atoms with van der Waals surface area (Å²) in [5, 5.41) is 0. The number of hydrogen-bond acceptors (Lipinski definition) is 3. The van der Waals surface area contributed by atoms with Crippen LogP contribution in [0.4, 0.5) is 0 Å². The van der Waals surface area contributed by atoms with E-state index in [4.69, 9.17) is 4.74 Å². The lowest BCUT2D eigenvalue weighted by Crippen LogP contribution is -2.32. The predicted molar refractivity (Wildman–Crippen MR) is 63.4 cm³/mol. The van der Waals surface area contributed by atoms with Gasteiger partial charge in [-0.2, -0.15) is 4.99 Å². The van der Waals surface area contributed by atoms with Crippen LogP contribution in [0.3, 0.4) is 0 Å². The average Bonchev–Trinajstić information content (AvgIpc) is 2.15. The normalized spacial score (nSPS) is 32.3.